The molecular formula is C15H11Cl2FO2. The molecule has 0 atom stereocenters. The third-order valence-corrected chi connectivity index (χ3v) is 3.45. The molecule has 0 amide bonds. The molecule has 0 N–H and O–H groups in total. The average molecular weight is 313 g/mol. The maximum absolute atomic E-state index is 13.6. The third-order valence-electron chi connectivity index (χ3n) is 2.71. The van der Waals surface area contributed by atoms with Crippen molar-refractivity contribution in [2.24, 2.45) is 0 Å². The number of benzene rings is 2. The molecule has 2 nitrogen and oxygen atoms in total. The lowest BCUT2D eigenvalue weighted by Crippen LogP contribution is -2.00. The SMILES string of the molecule is CC(=O)c1ccc(OCc2ccc(Cl)c(Cl)c2)cc1F. The van der Waals surface area contributed by atoms with Gasteiger partial charge in [-0.25, -0.2) is 4.39 Å². The van der Waals surface area contributed by atoms with Gasteiger partial charge in [-0.1, -0.05) is 29.3 Å². The van der Waals surface area contributed by atoms with Gasteiger partial charge < -0.3 is 4.74 Å². The molecule has 0 heterocycles. The van der Waals surface area contributed by atoms with Crippen LogP contribution in [0.25, 0.3) is 0 Å². The predicted molar refractivity (Wildman–Crippen MR) is 77.2 cm³/mol. The van der Waals surface area contributed by atoms with E-state index < -0.39 is 5.82 Å². The molecule has 5 heteroatoms. The maximum atomic E-state index is 13.6. The summed E-state index contributed by atoms with van der Waals surface area (Å²) < 4.78 is 19.1. The molecule has 0 radical (unpaired) electrons. The van der Waals surface area contributed by atoms with Crippen molar-refractivity contribution >= 4 is 29.0 Å². The topological polar surface area (TPSA) is 26.3 Å². The molecule has 0 saturated carbocycles. The third kappa shape index (κ3) is 3.50. The number of carbonyl (C=O) groups excluding carboxylic acids is 1. The van der Waals surface area contributed by atoms with E-state index in [2.05, 4.69) is 0 Å². The molecule has 2 aromatic carbocycles. The molecule has 0 bridgehead atoms. The number of ether oxygens (including phenoxy) is 1. The summed E-state index contributed by atoms with van der Waals surface area (Å²) in [5.41, 5.74) is 0.863. The molecule has 0 aromatic heterocycles. The van der Waals surface area contributed by atoms with Gasteiger partial charge in [-0.05, 0) is 36.8 Å². The largest absolute Gasteiger partial charge is 0.489 e. The summed E-state index contributed by atoms with van der Waals surface area (Å²) in [5, 5.41) is 0.901. The molecule has 0 fully saturated rings. The molecular weight excluding hydrogens is 302 g/mol. The van der Waals surface area contributed by atoms with E-state index in [-0.39, 0.29) is 18.0 Å². The van der Waals surface area contributed by atoms with Crippen molar-refractivity contribution in [1.29, 1.82) is 0 Å². The number of carbonyl (C=O) groups is 1. The molecule has 0 aliphatic rings. The van der Waals surface area contributed by atoms with E-state index in [0.717, 1.165) is 5.56 Å². The molecule has 20 heavy (non-hydrogen) atoms. The fraction of sp³-hybridized carbons (Fsp3) is 0.133. The van der Waals surface area contributed by atoms with Crippen LogP contribution in [0.15, 0.2) is 36.4 Å². The van der Waals surface area contributed by atoms with Crippen LogP contribution in [0, 0.1) is 5.82 Å². The molecule has 0 saturated heterocycles. The fourth-order valence-corrected chi connectivity index (χ4v) is 1.99. The van der Waals surface area contributed by atoms with E-state index in [1.807, 2.05) is 0 Å². The van der Waals surface area contributed by atoms with Gasteiger partial charge >= 0.3 is 0 Å². The van der Waals surface area contributed by atoms with Crippen molar-refractivity contribution in [2.75, 3.05) is 0 Å². The van der Waals surface area contributed by atoms with Crippen LogP contribution >= 0.6 is 23.2 Å². The second-order valence-electron chi connectivity index (χ2n) is 4.23. The summed E-state index contributed by atoms with van der Waals surface area (Å²) in [5.74, 6) is -0.568. The van der Waals surface area contributed by atoms with Gasteiger partial charge in [0, 0.05) is 6.07 Å². The van der Waals surface area contributed by atoms with E-state index in [1.54, 1.807) is 24.3 Å². The first-order chi connectivity index (χ1) is 9.47. The van der Waals surface area contributed by atoms with Crippen LogP contribution in [-0.4, -0.2) is 5.78 Å². The Morgan fingerprint density at radius 1 is 1.15 bits per heavy atom. The number of ketones is 1. The zero-order valence-corrected chi connectivity index (χ0v) is 12.1. The maximum Gasteiger partial charge on any atom is 0.162 e. The standard InChI is InChI=1S/C15H11Cl2FO2/c1-9(19)12-4-3-11(7-15(12)18)20-8-10-2-5-13(16)14(17)6-10/h2-7H,8H2,1H3. The van der Waals surface area contributed by atoms with Crippen LogP contribution in [0.1, 0.15) is 22.8 Å². The summed E-state index contributed by atoms with van der Waals surface area (Å²) in [7, 11) is 0. The second-order valence-corrected chi connectivity index (χ2v) is 5.05. The lowest BCUT2D eigenvalue weighted by atomic mass is 10.1. The molecule has 0 aliphatic heterocycles. The summed E-state index contributed by atoms with van der Waals surface area (Å²) in [6.07, 6.45) is 0. The Morgan fingerprint density at radius 2 is 1.90 bits per heavy atom. The van der Waals surface area contributed by atoms with Crippen LogP contribution in [0.2, 0.25) is 10.0 Å². The highest BCUT2D eigenvalue weighted by Crippen LogP contribution is 2.24. The van der Waals surface area contributed by atoms with Crippen molar-refractivity contribution < 1.29 is 13.9 Å². The van der Waals surface area contributed by atoms with E-state index in [4.69, 9.17) is 27.9 Å². The van der Waals surface area contributed by atoms with Crippen molar-refractivity contribution in [3.63, 3.8) is 0 Å². The molecule has 0 unspecified atom stereocenters. The number of rotatable bonds is 4. The zero-order valence-electron chi connectivity index (χ0n) is 10.6. The Labute approximate surface area is 126 Å². The van der Waals surface area contributed by atoms with Gasteiger partial charge in [-0.3, -0.25) is 4.79 Å². The van der Waals surface area contributed by atoms with E-state index >= 15 is 0 Å². The molecule has 0 aliphatic carbocycles. The van der Waals surface area contributed by atoms with Crippen molar-refractivity contribution in [1.82, 2.24) is 0 Å². The minimum absolute atomic E-state index is 0.0480. The molecule has 2 aromatic rings. The van der Waals surface area contributed by atoms with Gasteiger partial charge in [-0.15, -0.1) is 0 Å². The zero-order chi connectivity index (χ0) is 14.7. The molecule has 2 rings (SSSR count). The Kier molecular flexibility index (Phi) is 4.63. The van der Waals surface area contributed by atoms with Gasteiger partial charge in [0.1, 0.15) is 18.2 Å². The van der Waals surface area contributed by atoms with Crippen molar-refractivity contribution in [2.45, 2.75) is 13.5 Å². The van der Waals surface area contributed by atoms with Gasteiger partial charge in [-0.2, -0.15) is 0 Å². The van der Waals surface area contributed by atoms with Gasteiger partial charge in [0.15, 0.2) is 5.78 Å². The quantitative estimate of drug-likeness (QED) is 0.749. The smallest absolute Gasteiger partial charge is 0.162 e. The van der Waals surface area contributed by atoms with E-state index in [9.17, 15) is 9.18 Å². The lowest BCUT2D eigenvalue weighted by molar-refractivity contribution is 0.101. The van der Waals surface area contributed by atoms with Crippen molar-refractivity contribution in [3.05, 3.63) is 63.4 Å². The second kappa shape index (κ2) is 6.25. The first-order valence-corrected chi connectivity index (χ1v) is 6.60. The monoisotopic (exact) mass is 312 g/mol. The number of Topliss-reactive ketones (excluding diaryl/α,β-unsaturated/α-hetero) is 1. The van der Waals surface area contributed by atoms with Crippen LogP contribution in [0.3, 0.4) is 0 Å². The Balaban J connectivity index is 2.09. The molecule has 0 spiro atoms. The summed E-state index contributed by atoms with van der Waals surface area (Å²) >= 11 is 11.7. The van der Waals surface area contributed by atoms with E-state index in [1.165, 1.54) is 19.1 Å². The van der Waals surface area contributed by atoms with Crippen LogP contribution < -0.4 is 4.74 Å². The number of hydrogen-bond donors (Lipinski definition) is 0. The van der Waals surface area contributed by atoms with E-state index in [0.29, 0.717) is 15.8 Å². The van der Waals surface area contributed by atoms with Crippen LogP contribution in [0.5, 0.6) is 5.75 Å². The summed E-state index contributed by atoms with van der Waals surface area (Å²) in [6.45, 7) is 1.55. The highest BCUT2D eigenvalue weighted by Gasteiger charge is 2.08. The summed E-state index contributed by atoms with van der Waals surface area (Å²) in [6, 6.07) is 9.27. The first-order valence-electron chi connectivity index (χ1n) is 5.84. The molecule has 104 valence electrons. The lowest BCUT2D eigenvalue weighted by Gasteiger charge is -2.08. The highest BCUT2D eigenvalue weighted by molar-refractivity contribution is 6.42. The minimum Gasteiger partial charge on any atom is -0.489 e. The minimum atomic E-state index is -0.593. The van der Waals surface area contributed by atoms with Crippen LogP contribution in [-0.2, 0) is 6.61 Å². The van der Waals surface area contributed by atoms with Gasteiger partial charge in [0.05, 0.1) is 15.6 Å². The number of halogens is 3. The van der Waals surface area contributed by atoms with Gasteiger partial charge in [0.2, 0.25) is 0 Å². The average Bonchev–Trinajstić information content (AvgIpc) is 2.40. The summed E-state index contributed by atoms with van der Waals surface area (Å²) in [4.78, 5) is 11.1. The number of hydrogen-bond acceptors (Lipinski definition) is 2. The van der Waals surface area contributed by atoms with Gasteiger partial charge in [0.25, 0.3) is 0 Å². The predicted octanol–water partition coefficient (Wildman–Crippen LogP) is 4.91. The Hall–Kier alpha value is -1.58. The van der Waals surface area contributed by atoms with Crippen LogP contribution in [0.4, 0.5) is 4.39 Å². The normalized spacial score (nSPS) is 10.4. The Bertz CT molecular complexity index is 656. The van der Waals surface area contributed by atoms with Crippen molar-refractivity contribution in [3.8, 4) is 5.75 Å². The Morgan fingerprint density at radius 3 is 2.50 bits per heavy atom. The first kappa shape index (κ1) is 14.8. The highest BCUT2D eigenvalue weighted by atomic mass is 35.5. The fourth-order valence-electron chi connectivity index (χ4n) is 1.67.